The third-order valence-corrected chi connectivity index (χ3v) is 2.30. The van der Waals surface area contributed by atoms with Crippen LogP contribution in [-0.2, 0) is 29.1 Å². The predicted octanol–water partition coefficient (Wildman–Crippen LogP) is -0.176. The number of aliphatic hydroxyl groups excluding tert-OH is 1. The largest absolute Gasteiger partial charge is 0.481 e. The number of aliphatic carboxylic acids is 1. The van der Waals surface area contributed by atoms with Crippen molar-refractivity contribution in [3.05, 3.63) is 11.4 Å². The Bertz CT molecular complexity index is 364. The van der Waals surface area contributed by atoms with Crippen LogP contribution >= 0.6 is 0 Å². The van der Waals surface area contributed by atoms with E-state index in [-0.39, 0.29) is 19.6 Å². The molecule has 0 aliphatic carbocycles. The molecule has 0 aliphatic rings. The molecule has 1 aromatic heterocycles. The Morgan fingerprint density at radius 2 is 2.24 bits per heavy atom. The Balaban J connectivity index is 2.74. The Kier molecular flexibility index (Phi) is 5.58. The van der Waals surface area contributed by atoms with Crippen LogP contribution in [0.4, 0.5) is 0 Å². The maximum Gasteiger partial charge on any atom is 0.309 e. The second kappa shape index (κ2) is 6.97. The fourth-order valence-electron chi connectivity index (χ4n) is 1.50. The van der Waals surface area contributed by atoms with Gasteiger partial charge in [0.05, 0.1) is 24.4 Å². The van der Waals surface area contributed by atoms with Crippen LogP contribution in [0.1, 0.15) is 24.2 Å². The molecular formula is C10H17N3O4. The quantitative estimate of drug-likeness (QED) is 0.615. The number of nitrogens with zero attached hydrogens (tertiary/aromatic N) is 3. The number of carbonyl (C=O) groups is 1. The highest BCUT2D eigenvalue weighted by Crippen LogP contribution is 2.09. The van der Waals surface area contributed by atoms with Crippen LogP contribution in [0.2, 0.25) is 0 Å². The van der Waals surface area contributed by atoms with Crippen molar-refractivity contribution in [2.75, 3.05) is 13.7 Å². The van der Waals surface area contributed by atoms with Crippen LogP contribution in [-0.4, -0.2) is 44.9 Å². The van der Waals surface area contributed by atoms with E-state index in [0.29, 0.717) is 24.4 Å². The number of carboxylic acid groups (broad SMARTS) is 1. The van der Waals surface area contributed by atoms with Gasteiger partial charge in [0.1, 0.15) is 0 Å². The maximum absolute atomic E-state index is 10.6. The third-order valence-electron chi connectivity index (χ3n) is 2.30. The lowest BCUT2D eigenvalue weighted by atomic mass is 10.2. The average molecular weight is 243 g/mol. The Morgan fingerprint density at radius 3 is 2.82 bits per heavy atom. The van der Waals surface area contributed by atoms with Crippen molar-refractivity contribution < 1.29 is 19.7 Å². The molecule has 0 saturated heterocycles. The van der Waals surface area contributed by atoms with Crippen molar-refractivity contribution in [3.63, 3.8) is 0 Å². The van der Waals surface area contributed by atoms with Gasteiger partial charge in [0, 0.05) is 20.3 Å². The smallest absolute Gasteiger partial charge is 0.309 e. The van der Waals surface area contributed by atoms with E-state index in [4.69, 9.17) is 14.9 Å². The zero-order chi connectivity index (χ0) is 12.7. The SMILES string of the molecule is COCc1c(CC(=O)O)nnn1CCCCO. The summed E-state index contributed by atoms with van der Waals surface area (Å²) in [5, 5.41) is 25.2. The lowest BCUT2D eigenvalue weighted by Crippen LogP contribution is -2.09. The van der Waals surface area contributed by atoms with Gasteiger partial charge in [0.2, 0.25) is 0 Å². The van der Waals surface area contributed by atoms with Crippen molar-refractivity contribution in [2.45, 2.75) is 32.4 Å². The van der Waals surface area contributed by atoms with Crippen LogP contribution in [0.3, 0.4) is 0 Å². The number of aromatic nitrogens is 3. The molecule has 0 amide bonds. The van der Waals surface area contributed by atoms with Gasteiger partial charge in [-0.2, -0.15) is 0 Å². The van der Waals surface area contributed by atoms with Crippen LogP contribution in [0.5, 0.6) is 0 Å². The summed E-state index contributed by atoms with van der Waals surface area (Å²) in [7, 11) is 1.54. The number of carboxylic acids is 1. The molecule has 7 heteroatoms. The average Bonchev–Trinajstić information content (AvgIpc) is 2.62. The minimum atomic E-state index is -0.940. The molecule has 7 nitrogen and oxygen atoms in total. The summed E-state index contributed by atoms with van der Waals surface area (Å²) >= 11 is 0. The third kappa shape index (κ3) is 4.12. The molecule has 0 unspecified atom stereocenters. The highest BCUT2D eigenvalue weighted by Gasteiger charge is 2.15. The number of rotatable bonds is 8. The van der Waals surface area contributed by atoms with Gasteiger partial charge < -0.3 is 14.9 Å². The van der Waals surface area contributed by atoms with E-state index in [2.05, 4.69) is 10.3 Å². The second-order valence-electron chi connectivity index (χ2n) is 3.64. The van der Waals surface area contributed by atoms with E-state index < -0.39 is 5.97 Å². The normalized spacial score (nSPS) is 10.7. The highest BCUT2D eigenvalue weighted by atomic mass is 16.5. The number of aliphatic hydroxyl groups is 1. The summed E-state index contributed by atoms with van der Waals surface area (Å²) in [6.07, 6.45) is 1.29. The molecule has 0 aliphatic heterocycles. The summed E-state index contributed by atoms with van der Waals surface area (Å²) in [5.74, 6) is -0.940. The molecule has 0 aromatic carbocycles. The number of methoxy groups -OCH3 is 1. The van der Waals surface area contributed by atoms with Gasteiger partial charge in [-0.1, -0.05) is 5.21 Å². The van der Waals surface area contributed by atoms with E-state index in [9.17, 15) is 4.79 Å². The van der Waals surface area contributed by atoms with Gasteiger partial charge in [-0.25, -0.2) is 4.68 Å². The van der Waals surface area contributed by atoms with Crippen LogP contribution in [0, 0.1) is 0 Å². The molecular weight excluding hydrogens is 226 g/mol. The van der Waals surface area contributed by atoms with Gasteiger partial charge in [0.15, 0.2) is 0 Å². The van der Waals surface area contributed by atoms with E-state index in [0.717, 1.165) is 6.42 Å². The van der Waals surface area contributed by atoms with Gasteiger partial charge in [-0.3, -0.25) is 4.79 Å². The van der Waals surface area contributed by atoms with Gasteiger partial charge >= 0.3 is 5.97 Å². The first-order chi connectivity index (χ1) is 8.19. The van der Waals surface area contributed by atoms with Crippen molar-refractivity contribution >= 4 is 5.97 Å². The zero-order valence-corrected chi connectivity index (χ0v) is 9.80. The molecule has 0 spiro atoms. The molecule has 0 atom stereocenters. The summed E-state index contributed by atoms with van der Waals surface area (Å²) in [6.45, 7) is 1.02. The minimum absolute atomic E-state index is 0.135. The number of aryl methyl sites for hydroxylation is 1. The molecule has 0 bridgehead atoms. The van der Waals surface area contributed by atoms with Crippen LogP contribution in [0.25, 0.3) is 0 Å². The molecule has 1 heterocycles. The molecule has 96 valence electrons. The number of hydrogen-bond acceptors (Lipinski definition) is 5. The summed E-state index contributed by atoms with van der Waals surface area (Å²) in [6, 6.07) is 0. The molecule has 0 radical (unpaired) electrons. The number of ether oxygens (including phenoxy) is 1. The minimum Gasteiger partial charge on any atom is -0.481 e. The van der Waals surface area contributed by atoms with Crippen molar-refractivity contribution in [1.29, 1.82) is 0 Å². The summed E-state index contributed by atoms with van der Waals surface area (Å²) in [4.78, 5) is 10.6. The van der Waals surface area contributed by atoms with Crippen LogP contribution in [0.15, 0.2) is 0 Å². The first-order valence-electron chi connectivity index (χ1n) is 5.41. The molecule has 0 saturated carbocycles. The lowest BCUT2D eigenvalue weighted by Gasteiger charge is -2.06. The highest BCUT2D eigenvalue weighted by molar-refractivity contribution is 5.69. The summed E-state index contributed by atoms with van der Waals surface area (Å²) in [5.41, 5.74) is 1.12. The molecule has 0 fully saturated rings. The first-order valence-corrected chi connectivity index (χ1v) is 5.41. The molecule has 1 rings (SSSR count). The van der Waals surface area contributed by atoms with Crippen molar-refractivity contribution in [2.24, 2.45) is 0 Å². The number of unbranched alkanes of at least 4 members (excludes halogenated alkanes) is 1. The van der Waals surface area contributed by atoms with Gasteiger partial charge in [-0.05, 0) is 12.8 Å². The second-order valence-corrected chi connectivity index (χ2v) is 3.64. The molecule has 1 aromatic rings. The van der Waals surface area contributed by atoms with E-state index in [1.807, 2.05) is 0 Å². The molecule has 17 heavy (non-hydrogen) atoms. The van der Waals surface area contributed by atoms with Crippen molar-refractivity contribution in [1.82, 2.24) is 15.0 Å². The zero-order valence-electron chi connectivity index (χ0n) is 9.80. The Morgan fingerprint density at radius 1 is 1.47 bits per heavy atom. The number of hydrogen-bond donors (Lipinski definition) is 2. The standard InChI is InChI=1S/C10H17N3O4/c1-17-7-9-8(6-10(15)16)11-12-13(9)4-2-3-5-14/h14H,2-7H2,1H3,(H,15,16). The monoisotopic (exact) mass is 243 g/mol. The topological polar surface area (TPSA) is 97.5 Å². The Hall–Kier alpha value is -1.47. The van der Waals surface area contributed by atoms with E-state index >= 15 is 0 Å². The first kappa shape index (κ1) is 13.6. The van der Waals surface area contributed by atoms with Gasteiger partial charge in [0.25, 0.3) is 0 Å². The van der Waals surface area contributed by atoms with E-state index in [1.165, 1.54) is 7.11 Å². The van der Waals surface area contributed by atoms with Crippen molar-refractivity contribution in [3.8, 4) is 0 Å². The Labute approximate surface area is 99.0 Å². The van der Waals surface area contributed by atoms with Gasteiger partial charge in [-0.15, -0.1) is 5.10 Å². The van der Waals surface area contributed by atoms with E-state index in [1.54, 1.807) is 4.68 Å². The fraction of sp³-hybridized carbons (Fsp3) is 0.700. The summed E-state index contributed by atoms with van der Waals surface area (Å²) < 4.78 is 6.65. The lowest BCUT2D eigenvalue weighted by molar-refractivity contribution is -0.136. The fourth-order valence-corrected chi connectivity index (χ4v) is 1.50. The molecule has 2 N–H and O–H groups in total. The van der Waals surface area contributed by atoms with Crippen LogP contribution < -0.4 is 0 Å². The maximum atomic E-state index is 10.6. The predicted molar refractivity (Wildman–Crippen MR) is 58.4 cm³/mol.